The van der Waals surface area contributed by atoms with Crippen molar-refractivity contribution in [1.82, 2.24) is 0 Å². The molecule has 0 unspecified atom stereocenters. The molecule has 0 N–H and O–H groups in total. The van der Waals surface area contributed by atoms with E-state index in [0.29, 0.717) is 0 Å². The zero-order valence-corrected chi connectivity index (χ0v) is 12.5. The third-order valence-corrected chi connectivity index (χ3v) is 5.73. The van der Waals surface area contributed by atoms with E-state index in [1.54, 1.807) is 0 Å². The number of rotatable bonds is 0. The van der Waals surface area contributed by atoms with Gasteiger partial charge in [-0.25, -0.2) is 0 Å². The minimum absolute atomic E-state index is 1.14. The molecule has 0 aliphatic carbocycles. The fourth-order valence-corrected chi connectivity index (χ4v) is 3.85. The molecule has 0 nitrogen and oxygen atoms in total. The molecule has 0 radical (unpaired) electrons. The molecular formula is C16H8Br2. The molecule has 0 spiro atoms. The molecule has 0 aromatic heterocycles. The van der Waals surface area contributed by atoms with Crippen LogP contribution in [-0.4, -0.2) is 0 Å². The lowest BCUT2D eigenvalue weighted by Gasteiger charge is -2.13. The Morgan fingerprint density at radius 2 is 1.00 bits per heavy atom. The topological polar surface area (TPSA) is 0 Å². The standard InChI is InChI=1S/C16H8Br2/c17-15-11-5-1-3-9-7-8-10-4-2-6-12(16(15)18)14(10)13(9)11/h1-8H. The first-order chi connectivity index (χ1) is 8.77. The van der Waals surface area contributed by atoms with E-state index in [2.05, 4.69) is 80.4 Å². The van der Waals surface area contributed by atoms with E-state index in [0.717, 1.165) is 8.95 Å². The molecule has 0 aliphatic rings. The van der Waals surface area contributed by atoms with Gasteiger partial charge in [0.15, 0.2) is 0 Å². The Balaban J connectivity index is 2.52. The predicted molar refractivity (Wildman–Crippen MR) is 85.5 cm³/mol. The van der Waals surface area contributed by atoms with Crippen LogP contribution in [0.1, 0.15) is 0 Å². The molecule has 0 saturated heterocycles. The van der Waals surface area contributed by atoms with Gasteiger partial charge in [-0.05, 0) is 64.2 Å². The van der Waals surface area contributed by atoms with Crippen molar-refractivity contribution >= 4 is 64.2 Å². The lowest BCUT2D eigenvalue weighted by atomic mass is 9.94. The third-order valence-electron chi connectivity index (χ3n) is 3.55. The fraction of sp³-hybridized carbons (Fsp3) is 0. The van der Waals surface area contributed by atoms with Gasteiger partial charge in [-0.1, -0.05) is 48.5 Å². The first kappa shape index (κ1) is 10.8. The summed E-state index contributed by atoms with van der Waals surface area (Å²) >= 11 is 7.43. The SMILES string of the molecule is Brc1c(Br)c2cccc3ccc4cccc1c4c32. The Hall–Kier alpha value is -1.12. The van der Waals surface area contributed by atoms with Gasteiger partial charge < -0.3 is 0 Å². The van der Waals surface area contributed by atoms with Crippen LogP contribution in [-0.2, 0) is 0 Å². The maximum Gasteiger partial charge on any atom is 0.0402 e. The summed E-state index contributed by atoms with van der Waals surface area (Å²) in [6.07, 6.45) is 0. The van der Waals surface area contributed by atoms with Crippen LogP contribution in [0.3, 0.4) is 0 Å². The monoisotopic (exact) mass is 358 g/mol. The van der Waals surface area contributed by atoms with Crippen molar-refractivity contribution < 1.29 is 0 Å². The van der Waals surface area contributed by atoms with E-state index in [1.165, 1.54) is 32.3 Å². The zero-order chi connectivity index (χ0) is 12.3. The normalized spacial score (nSPS) is 11.9. The van der Waals surface area contributed by atoms with Crippen molar-refractivity contribution in [3.8, 4) is 0 Å². The third kappa shape index (κ3) is 1.25. The minimum atomic E-state index is 1.14. The Morgan fingerprint density at radius 3 is 1.44 bits per heavy atom. The average molecular weight is 360 g/mol. The Morgan fingerprint density at radius 1 is 0.556 bits per heavy atom. The summed E-state index contributed by atoms with van der Waals surface area (Å²) in [5, 5.41) is 7.82. The highest BCUT2D eigenvalue weighted by atomic mass is 79.9. The molecule has 86 valence electrons. The fourth-order valence-electron chi connectivity index (χ4n) is 2.76. The van der Waals surface area contributed by atoms with Crippen LogP contribution in [0.4, 0.5) is 0 Å². The van der Waals surface area contributed by atoms with Crippen LogP contribution in [0, 0.1) is 0 Å². The average Bonchev–Trinajstić information content (AvgIpc) is 2.43. The van der Waals surface area contributed by atoms with Gasteiger partial charge in [0.05, 0.1) is 0 Å². The second-order valence-corrected chi connectivity index (χ2v) is 6.09. The molecule has 0 heterocycles. The van der Waals surface area contributed by atoms with Crippen LogP contribution in [0.5, 0.6) is 0 Å². The smallest absolute Gasteiger partial charge is 0.0402 e. The van der Waals surface area contributed by atoms with Crippen LogP contribution in [0.2, 0.25) is 0 Å². The quantitative estimate of drug-likeness (QED) is 0.332. The van der Waals surface area contributed by atoms with Gasteiger partial charge in [-0.15, -0.1) is 0 Å². The van der Waals surface area contributed by atoms with Crippen molar-refractivity contribution in [2.45, 2.75) is 0 Å². The van der Waals surface area contributed by atoms with E-state index < -0.39 is 0 Å². The lowest BCUT2D eigenvalue weighted by molar-refractivity contribution is 1.71. The molecule has 18 heavy (non-hydrogen) atoms. The van der Waals surface area contributed by atoms with Crippen LogP contribution in [0.15, 0.2) is 57.5 Å². The van der Waals surface area contributed by atoms with Crippen molar-refractivity contribution in [1.29, 1.82) is 0 Å². The Labute approximate surface area is 121 Å². The maximum atomic E-state index is 3.71. The van der Waals surface area contributed by atoms with Gasteiger partial charge >= 0.3 is 0 Å². The van der Waals surface area contributed by atoms with Crippen LogP contribution in [0.25, 0.3) is 32.3 Å². The van der Waals surface area contributed by atoms with Crippen LogP contribution >= 0.6 is 31.9 Å². The van der Waals surface area contributed by atoms with E-state index in [1.807, 2.05) is 0 Å². The number of benzene rings is 4. The van der Waals surface area contributed by atoms with Crippen molar-refractivity contribution in [3.63, 3.8) is 0 Å². The van der Waals surface area contributed by atoms with Gasteiger partial charge in [0.25, 0.3) is 0 Å². The molecule has 4 rings (SSSR count). The first-order valence-corrected chi connectivity index (χ1v) is 7.36. The predicted octanol–water partition coefficient (Wildman–Crippen LogP) is 6.11. The molecule has 4 aromatic carbocycles. The highest BCUT2D eigenvalue weighted by molar-refractivity contribution is 9.13. The van der Waals surface area contributed by atoms with Gasteiger partial charge in [0.2, 0.25) is 0 Å². The molecule has 0 bridgehead atoms. The molecular weight excluding hydrogens is 352 g/mol. The summed E-state index contributed by atoms with van der Waals surface area (Å²) in [4.78, 5) is 0. The number of hydrogen-bond acceptors (Lipinski definition) is 0. The molecule has 0 saturated carbocycles. The van der Waals surface area contributed by atoms with Gasteiger partial charge in [0.1, 0.15) is 0 Å². The summed E-state index contributed by atoms with van der Waals surface area (Å²) in [6.45, 7) is 0. The molecule has 0 atom stereocenters. The highest BCUT2D eigenvalue weighted by Crippen LogP contribution is 2.43. The lowest BCUT2D eigenvalue weighted by Crippen LogP contribution is -1.86. The van der Waals surface area contributed by atoms with E-state index >= 15 is 0 Å². The second kappa shape index (κ2) is 3.69. The second-order valence-electron chi connectivity index (χ2n) is 4.50. The van der Waals surface area contributed by atoms with Crippen molar-refractivity contribution in [2.24, 2.45) is 0 Å². The molecule has 2 heteroatoms. The van der Waals surface area contributed by atoms with E-state index in [9.17, 15) is 0 Å². The largest absolute Gasteiger partial charge is 0.0610 e. The van der Waals surface area contributed by atoms with E-state index in [4.69, 9.17) is 0 Å². The summed E-state index contributed by atoms with van der Waals surface area (Å²) in [5.41, 5.74) is 0. The highest BCUT2D eigenvalue weighted by Gasteiger charge is 2.13. The summed E-state index contributed by atoms with van der Waals surface area (Å²) in [6, 6.07) is 17.3. The van der Waals surface area contributed by atoms with Crippen molar-refractivity contribution in [2.75, 3.05) is 0 Å². The maximum absolute atomic E-state index is 3.71. The number of hydrogen-bond donors (Lipinski definition) is 0. The number of halogens is 2. The summed E-state index contributed by atoms with van der Waals surface area (Å²) < 4.78 is 2.28. The Kier molecular flexibility index (Phi) is 2.21. The molecule has 4 aromatic rings. The van der Waals surface area contributed by atoms with E-state index in [-0.39, 0.29) is 0 Å². The molecule has 0 aliphatic heterocycles. The molecule has 0 fully saturated rings. The zero-order valence-electron chi connectivity index (χ0n) is 9.37. The van der Waals surface area contributed by atoms with Crippen molar-refractivity contribution in [3.05, 3.63) is 57.5 Å². The first-order valence-electron chi connectivity index (χ1n) is 5.78. The van der Waals surface area contributed by atoms with Gasteiger partial charge in [0, 0.05) is 8.95 Å². The summed E-state index contributed by atoms with van der Waals surface area (Å²) in [7, 11) is 0. The van der Waals surface area contributed by atoms with Gasteiger partial charge in [-0.3, -0.25) is 0 Å². The van der Waals surface area contributed by atoms with Crippen LogP contribution < -0.4 is 0 Å². The van der Waals surface area contributed by atoms with Gasteiger partial charge in [-0.2, -0.15) is 0 Å². The Bertz CT molecular complexity index is 819. The minimum Gasteiger partial charge on any atom is -0.0610 e. The summed E-state index contributed by atoms with van der Waals surface area (Å²) in [5.74, 6) is 0. The molecule has 0 amide bonds.